The average Bonchev–Trinajstić information content (AvgIpc) is 2.57. The summed E-state index contributed by atoms with van der Waals surface area (Å²) in [6, 6.07) is 6.04. The lowest BCUT2D eigenvalue weighted by Gasteiger charge is -2.14. The molecule has 0 aliphatic heterocycles. The van der Waals surface area contributed by atoms with Crippen LogP contribution in [0.4, 0.5) is 18.9 Å². The Kier molecular flexibility index (Phi) is 6.31. The fraction of sp³-hybridized carbons (Fsp3) is 0.294. The minimum Gasteiger partial charge on any atom is -0.491 e. The van der Waals surface area contributed by atoms with Crippen molar-refractivity contribution in [2.45, 2.75) is 13.5 Å². The van der Waals surface area contributed by atoms with Crippen molar-refractivity contribution in [2.75, 3.05) is 25.6 Å². The second-order valence-electron chi connectivity index (χ2n) is 4.86. The van der Waals surface area contributed by atoms with Crippen molar-refractivity contribution in [3.63, 3.8) is 0 Å². The summed E-state index contributed by atoms with van der Waals surface area (Å²) in [6.07, 6.45) is 0. The second-order valence-corrected chi connectivity index (χ2v) is 4.86. The van der Waals surface area contributed by atoms with Crippen molar-refractivity contribution in [3.05, 3.63) is 53.3 Å². The van der Waals surface area contributed by atoms with Gasteiger partial charge in [-0.05, 0) is 31.2 Å². The van der Waals surface area contributed by atoms with Crippen molar-refractivity contribution in [3.8, 4) is 11.5 Å². The van der Waals surface area contributed by atoms with Gasteiger partial charge >= 0.3 is 0 Å². The number of rotatable bonds is 8. The lowest BCUT2D eigenvalue weighted by molar-refractivity contribution is 0.109. The molecule has 0 heterocycles. The number of halogens is 3. The topological polar surface area (TPSA) is 53.7 Å². The molecule has 2 aromatic rings. The Bertz CT molecular complexity index is 695. The highest BCUT2D eigenvalue weighted by molar-refractivity contribution is 5.45. The molecule has 0 amide bonds. The summed E-state index contributed by atoms with van der Waals surface area (Å²) >= 11 is 0. The van der Waals surface area contributed by atoms with E-state index in [4.69, 9.17) is 19.9 Å². The highest BCUT2D eigenvalue weighted by atomic mass is 19.2. The van der Waals surface area contributed by atoms with Crippen molar-refractivity contribution >= 4 is 5.69 Å². The molecule has 0 saturated carbocycles. The van der Waals surface area contributed by atoms with Gasteiger partial charge in [-0.2, -0.15) is 0 Å². The van der Waals surface area contributed by atoms with Crippen LogP contribution >= 0.6 is 0 Å². The summed E-state index contributed by atoms with van der Waals surface area (Å²) < 4.78 is 56.5. The standard InChI is InChI=1S/C17H18F3NO3/c1-2-22-7-8-23-16-6-5-14(19)17(20)12(16)10-24-11-3-4-13(18)15(21)9-11/h3-6,9H,2,7-8,10,21H2,1H3. The normalized spacial score (nSPS) is 10.7. The quantitative estimate of drug-likeness (QED) is 0.588. The summed E-state index contributed by atoms with van der Waals surface area (Å²) in [5.74, 6) is -2.26. The van der Waals surface area contributed by atoms with Crippen LogP contribution in [0.25, 0.3) is 0 Å². The van der Waals surface area contributed by atoms with Crippen LogP contribution in [0.5, 0.6) is 11.5 Å². The van der Waals surface area contributed by atoms with Crippen LogP contribution in [0.3, 0.4) is 0 Å². The Morgan fingerprint density at radius 1 is 0.958 bits per heavy atom. The van der Waals surface area contributed by atoms with Gasteiger partial charge in [-0.25, -0.2) is 13.2 Å². The van der Waals surface area contributed by atoms with Gasteiger partial charge in [-0.1, -0.05) is 0 Å². The minimum atomic E-state index is -1.06. The Morgan fingerprint density at radius 3 is 2.42 bits per heavy atom. The molecule has 4 nitrogen and oxygen atoms in total. The van der Waals surface area contributed by atoms with Gasteiger partial charge < -0.3 is 19.9 Å². The molecule has 0 aliphatic rings. The molecule has 0 fully saturated rings. The van der Waals surface area contributed by atoms with Crippen LogP contribution in [0, 0.1) is 17.5 Å². The predicted octanol–water partition coefficient (Wildman–Crippen LogP) is 3.68. The number of hydrogen-bond donors (Lipinski definition) is 1. The SMILES string of the molecule is CCOCCOc1ccc(F)c(F)c1COc1ccc(F)c(N)c1. The van der Waals surface area contributed by atoms with E-state index in [1.165, 1.54) is 18.2 Å². The number of anilines is 1. The number of nitrogen functional groups attached to an aromatic ring is 1. The summed E-state index contributed by atoms with van der Waals surface area (Å²) in [7, 11) is 0. The Morgan fingerprint density at radius 2 is 1.71 bits per heavy atom. The van der Waals surface area contributed by atoms with Gasteiger partial charge in [0.25, 0.3) is 0 Å². The summed E-state index contributed by atoms with van der Waals surface area (Å²) in [5, 5.41) is 0. The maximum atomic E-state index is 14.0. The number of hydrogen-bond acceptors (Lipinski definition) is 4. The largest absolute Gasteiger partial charge is 0.491 e. The van der Waals surface area contributed by atoms with Gasteiger partial charge in [-0.3, -0.25) is 0 Å². The van der Waals surface area contributed by atoms with Crippen LogP contribution < -0.4 is 15.2 Å². The van der Waals surface area contributed by atoms with E-state index < -0.39 is 17.5 Å². The Balaban J connectivity index is 2.11. The zero-order valence-electron chi connectivity index (χ0n) is 13.2. The van der Waals surface area contributed by atoms with E-state index in [0.717, 1.165) is 12.1 Å². The van der Waals surface area contributed by atoms with E-state index in [9.17, 15) is 13.2 Å². The predicted molar refractivity (Wildman–Crippen MR) is 83.5 cm³/mol. The molecule has 2 rings (SSSR count). The molecule has 0 bridgehead atoms. The first-order chi connectivity index (χ1) is 11.5. The molecule has 0 atom stereocenters. The molecule has 0 aromatic heterocycles. The molecule has 0 saturated heterocycles. The van der Waals surface area contributed by atoms with Crippen molar-refractivity contribution in [2.24, 2.45) is 0 Å². The van der Waals surface area contributed by atoms with E-state index in [2.05, 4.69) is 0 Å². The first kappa shape index (κ1) is 17.9. The third-order valence-electron chi connectivity index (χ3n) is 3.19. The molecule has 0 aliphatic carbocycles. The van der Waals surface area contributed by atoms with Gasteiger partial charge in [-0.15, -0.1) is 0 Å². The summed E-state index contributed by atoms with van der Waals surface area (Å²) in [6.45, 7) is 2.59. The third-order valence-corrected chi connectivity index (χ3v) is 3.19. The first-order valence-electron chi connectivity index (χ1n) is 7.38. The highest BCUT2D eigenvalue weighted by Gasteiger charge is 2.16. The first-order valence-corrected chi connectivity index (χ1v) is 7.38. The van der Waals surface area contributed by atoms with Crippen LogP contribution in [0.1, 0.15) is 12.5 Å². The van der Waals surface area contributed by atoms with Crippen LogP contribution in [-0.4, -0.2) is 19.8 Å². The Hall–Kier alpha value is -2.41. The minimum absolute atomic E-state index is 0.0746. The third kappa shape index (κ3) is 4.55. The van der Waals surface area contributed by atoms with Gasteiger partial charge in [0.1, 0.15) is 30.5 Å². The maximum Gasteiger partial charge on any atom is 0.169 e. The molecule has 2 N–H and O–H groups in total. The molecule has 130 valence electrons. The Labute approximate surface area is 137 Å². The molecule has 0 unspecified atom stereocenters. The van der Waals surface area contributed by atoms with E-state index in [0.29, 0.717) is 13.2 Å². The van der Waals surface area contributed by atoms with Gasteiger partial charge in [0, 0.05) is 12.7 Å². The highest BCUT2D eigenvalue weighted by Crippen LogP contribution is 2.26. The molecule has 0 spiro atoms. The number of benzene rings is 2. The lowest BCUT2D eigenvalue weighted by Crippen LogP contribution is -2.10. The van der Waals surface area contributed by atoms with Crippen molar-refractivity contribution in [1.29, 1.82) is 0 Å². The summed E-state index contributed by atoms with van der Waals surface area (Å²) in [5.41, 5.74) is 5.27. The van der Waals surface area contributed by atoms with Crippen LogP contribution in [0.15, 0.2) is 30.3 Å². The molecular weight excluding hydrogens is 323 g/mol. The monoisotopic (exact) mass is 341 g/mol. The van der Waals surface area contributed by atoms with Gasteiger partial charge in [0.2, 0.25) is 0 Å². The number of ether oxygens (including phenoxy) is 3. The lowest BCUT2D eigenvalue weighted by atomic mass is 10.2. The van der Waals surface area contributed by atoms with Crippen LogP contribution in [0.2, 0.25) is 0 Å². The van der Waals surface area contributed by atoms with Crippen LogP contribution in [-0.2, 0) is 11.3 Å². The van der Waals surface area contributed by atoms with Crippen molar-refractivity contribution < 1.29 is 27.4 Å². The van der Waals surface area contributed by atoms with Gasteiger partial charge in [0.05, 0.1) is 17.9 Å². The second kappa shape index (κ2) is 8.44. The number of nitrogens with two attached hydrogens (primary N) is 1. The van der Waals surface area contributed by atoms with E-state index in [-0.39, 0.29) is 36.0 Å². The van der Waals surface area contributed by atoms with Gasteiger partial charge in [0.15, 0.2) is 11.6 Å². The fourth-order valence-electron chi connectivity index (χ4n) is 1.97. The van der Waals surface area contributed by atoms with Crippen molar-refractivity contribution in [1.82, 2.24) is 0 Å². The molecule has 24 heavy (non-hydrogen) atoms. The molecule has 7 heteroatoms. The molecular formula is C17H18F3NO3. The zero-order valence-corrected chi connectivity index (χ0v) is 13.2. The van der Waals surface area contributed by atoms with E-state index in [1.54, 1.807) is 0 Å². The van der Waals surface area contributed by atoms with E-state index >= 15 is 0 Å². The molecule has 0 radical (unpaired) electrons. The smallest absolute Gasteiger partial charge is 0.169 e. The summed E-state index contributed by atoms with van der Waals surface area (Å²) in [4.78, 5) is 0. The van der Waals surface area contributed by atoms with E-state index in [1.807, 2.05) is 6.92 Å². The average molecular weight is 341 g/mol. The molecule has 2 aromatic carbocycles. The fourth-order valence-corrected chi connectivity index (χ4v) is 1.97. The zero-order chi connectivity index (χ0) is 17.5. The maximum absolute atomic E-state index is 14.0.